The Bertz CT molecular complexity index is 2380. The van der Waals surface area contributed by atoms with E-state index in [-0.39, 0.29) is 0 Å². The fourth-order valence-corrected chi connectivity index (χ4v) is 7.11. The highest BCUT2D eigenvalue weighted by Gasteiger charge is 2.20. The van der Waals surface area contributed by atoms with Crippen LogP contribution in [0, 0.1) is 13.8 Å². The molecule has 0 N–H and O–H groups in total. The normalized spacial score (nSPS) is 11.7. The number of fused-ring (bicyclic) bond motifs is 4. The minimum Gasteiger partial charge on any atom is -0.309 e. The summed E-state index contributed by atoms with van der Waals surface area (Å²) in [7, 11) is 0. The lowest BCUT2D eigenvalue weighted by atomic mass is 10.1. The van der Waals surface area contributed by atoms with Gasteiger partial charge in [-0.15, -0.1) is 0 Å². The summed E-state index contributed by atoms with van der Waals surface area (Å²) in [5.41, 5.74) is 12.1. The van der Waals surface area contributed by atoms with Gasteiger partial charge in [-0.3, -0.25) is 0 Å². The molecule has 0 bridgehead atoms. The number of hydrogen-bond donors (Lipinski definition) is 0. The predicted octanol–water partition coefficient (Wildman–Crippen LogP) is 11.8. The van der Waals surface area contributed by atoms with Crippen LogP contribution in [0.5, 0.6) is 0 Å². The summed E-state index contributed by atoms with van der Waals surface area (Å²) in [6.45, 7) is 4.29. The highest BCUT2D eigenvalue weighted by Crippen LogP contribution is 2.40. The maximum atomic E-state index is 2.46. The molecular weight excluding hydrogens is 556 g/mol. The van der Waals surface area contributed by atoms with Crippen molar-refractivity contribution in [2.24, 2.45) is 0 Å². The van der Waals surface area contributed by atoms with Gasteiger partial charge in [-0.25, -0.2) is 0 Å². The van der Waals surface area contributed by atoms with Crippen LogP contribution < -0.4 is 0 Å². The van der Waals surface area contributed by atoms with Crippen molar-refractivity contribution in [1.29, 1.82) is 0 Å². The van der Waals surface area contributed by atoms with Crippen molar-refractivity contribution >= 4 is 43.4 Å². The van der Waals surface area contributed by atoms with Gasteiger partial charge in [0.1, 0.15) is 0 Å². The van der Waals surface area contributed by atoms with E-state index in [0.717, 1.165) is 0 Å². The summed E-state index contributed by atoms with van der Waals surface area (Å²) in [6.07, 6.45) is 0. The fraction of sp³-hybridized carbons (Fsp3) is 0.0455. The Balaban J connectivity index is 1.40. The molecule has 46 heavy (non-hydrogen) atoms. The van der Waals surface area contributed by atoms with Gasteiger partial charge in [0.25, 0.3) is 0 Å². The molecule has 0 radical (unpaired) electrons. The Labute approximate surface area is 268 Å². The lowest BCUT2D eigenvalue weighted by Gasteiger charge is -2.15. The van der Waals surface area contributed by atoms with E-state index in [9.17, 15) is 0 Å². The van der Waals surface area contributed by atoms with Crippen LogP contribution in [0.2, 0.25) is 0 Å². The number of aryl methyl sites for hydroxylation is 2. The first-order chi connectivity index (χ1) is 22.6. The van der Waals surface area contributed by atoms with E-state index in [0.29, 0.717) is 0 Å². The Morgan fingerprint density at radius 3 is 1.17 bits per heavy atom. The maximum absolute atomic E-state index is 2.46. The number of nitrogens with zero attached hydrogens (tertiary/aromatic N) is 2. The van der Waals surface area contributed by atoms with Gasteiger partial charge in [-0.2, -0.15) is 0 Å². The highest BCUT2D eigenvalue weighted by atomic mass is 15.0. The van der Waals surface area contributed by atoms with Crippen molar-refractivity contribution in [3.8, 4) is 33.9 Å². The van der Waals surface area contributed by atoms with E-state index in [1.807, 2.05) is 0 Å². The van der Waals surface area contributed by atoms with E-state index in [1.165, 1.54) is 88.4 Å². The monoisotopic (exact) mass is 588 g/mol. The van der Waals surface area contributed by atoms with Crippen LogP contribution in [0.15, 0.2) is 158 Å². The smallest absolute Gasteiger partial charge is 0.0542 e. The molecule has 0 saturated heterocycles. The minimum absolute atomic E-state index is 1.19. The third-order valence-electron chi connectivity index (χ3n) is 9.43. The van der Waals surface area contributed by atoms with Crippen LogP contribution in [0.4, 0.5) is 0 Å². The summed E-state index contributed by atoms with van der Waals surface area (Å²) in [5, 5.41) is 7.38. The highest BCUT2D eigenvalue weighted by molar-refractivity contribution is 6.05. The van der Waals surface area contributed by atoms with Crippen LogP contribution in [-0.2, 0) is 0 Å². The molecule has 9 rings (SSSR count). The topological polar surface area (TPSA) is 9.86 Å². The minimum atomic E-state index is 1.19. The summed E-state index contributed by atoms with van der Waals surface area (Å²) >= 11 is 0. The third-order valence-corrected chi connectivity index (χ3v) is 9.43. The van der Waals surface area contributed by atoms with Crippen LogP contribution >= 0.6 is 0 Å². The lowest BCUT2D eigenvalue weighted by molar-refractivity contribution is 1.14. The van der Waals surface area contributed by atoms with Gasteiger partial charge in [0.2, 0.25) is 0 Å². The molecule has 0 amide bonds. The van der Waals surface area contributed by atoms with E-state index >= 15 is 0 Å². The molecule has 0 spiro atoms. The Morgan fingerprint density at radius 2 is 0.739 bits per heavy atom. The molecule has 9 aromatic rings. The van der Waals surface area contributed by atoms with Crippen molar-refractivity contribution in [2.45, 2.75) is 13.8 Å². The largest absolute Gasteiger partial charge is 0.309 e. The van der Waals surface area contributed by atoms with E-state index in [1.54, 1.807) is 0 Å². The van der Waals surface area contributed by atoms with Gasteiger partial charge in [-0.1, -0.05) is 132 Å². The summed E-state index contributed by atoms with van der Waals surface area (Å²) in [6, 6.07) is 58.0. The Hall–Kier alpha value is -5.86. The Kier molecular flexibility index (Phi) is 5.97. The Morgan fingerprint density at radius 1 is 0.348 bits per heavy atom. The van der Waals surface area contributed by atoms with Crippen LogP contribution in [0.1, 0.15) is 11.1 Å². The molecule has 0 unspecified atom stereocenters. The molecule has 2 nitrogen and oxygen atoms in total. The second-order valence-corrected chi connectivity index (χ2v) is 12.4. The average molecular weight is 589 g/mol. The van der Waals surface area contributed by atoms with Gasteiger partial charge in [-0.05, 0) is 72.1 Å². The number of rotatable bonds is 4. The molecule has 218 valence electrons. The third kappa shape index (κ3) is 4.18. The average Bonchev–Trinajstić information content (AvgIpc) is 3.65. The molecule has 2 heteroatoms. The first kappa shape index (κ1) is 26.5. The molecule has 0 fully saturated rings. The van der Waals surface area contributed by atoms with Crippen LogP contribution in [0.25, 0.3) is 77.2 Å². The molecule has 0 atom stereocenters. The predicted molar refractivity (Wildman–Crippen MR) is 195 cm³/mol. The maximum Gasteiger partial charge on any atom is 0.0542 e. The SMILES string of the molecule is Cc1ccc(-c2cc3cc4c(cc(-c5ccc(C)cc5)n4-c4cccc5ccccc45)cc3n2-c2cccc3ccccc23)cc1. The zero-order chi connectivity index (χ0) is 30.8. The van der Waals surface area contributed by atoms with Crippen molar-refractivity contribution in [3.63, 3.8) is 0 Å². The van der Waals surface area contributed by atoms with Gasteiger partial charge < -0.3 is 9.13 Å². The standard InChI is InChI=1S/C44H32N2/c1-29-17-21-33(22-18-29)41-25-35-27-44-36(28-43(35)45(41)39-15-7-11-31-9-3-5-13-37(31)39)26-42(34-23-19-30(2)20-24-34)46(44)40-16-8-12-32-10-4-6-14-38(32)40/h3-28H,1-2H3. The number of aromatic nitrogens is 2. The van der Waals surface area contributed by atoms with E-state index < -0.39 is 0 Å². The molecule has 0 aliphatic heterocycles. The van der Waals surface area contributed by atoms with Gasteiger partial charge >= 0.3 is 0 Å². The molecule has 7 aromatic carbocycles. The quantitative estimate of drug-likeness (QED) is 0.194. The van der Waals surface area contributed by atoms with Gasteiger partial charge in [0.05, 0.1) is 33.8 Å². The lowest BCUT2D eigenvalue weighted by Crippen LogP contribution is -1.99. The molecule has 2 heterocycles. The van der Waals surface area contributed by atoms with Crippen molar-refractivity contribution in [3.05, 3.63) is 169 Å². The summed E-state index contributed by atoms with van der Waals surface area (Å²) in [5.74, 6) is 0. The van der Waals surface area contributed by atoms with Crippen molar-refractivity contribution in [1.82, 2.24) is 9.13 Å². The zero-order valence-electron chi connectivity index (χ0n) is 25.9. The van der Waals surface area contributed by atoms with Crippen molar-refractivity contribution in [2.75, 3.05) is 0 Å². The molecular formula is C44H32N2. The second kappa shape index (κ2) is 10.4. The second-order valence-electron chi connectivity index (χ2n) is 12.4. The van der Waals surface area contributed by atoms with Crippen LogP contribution in [0.3, 0.4) is 0 Å². The molecule has 0 aliphatic rings. The summed E-state index contributed by atoms with van der Waals surface area (Å²) < 4.78 is 4.92. The van der Waals surface area contributed by atoms with E-state index in [2.05, 4.69) is 181 Å². The summed E-state index contributed by atoms with van der Waals surface area (Å²) in [4.78, 5) is 0. The molecule has 0 aliphatic carbocycles. The number of hydrogen-bond acceptors (Lipinski definition) is 0. The number of benzene rings is 7. The fourth-order valence-electron chi connectivity index (χ4n) is 7.11. The molecule has 0 saturated carbocycles. The molecule has 2 aromatic heterocycles. The zero-order valence-corrected chi connectivity index (χ0v) is 25.9. The first-order valence-corrected chi connectivity index (χ1v) is 15.9. The van der Waals surface area contributed by atoms with Crippen molar-refractivity contribution < 1.29 is 0 Å². The van der Waals surface area contributed by atoms with Crippen LogP contribution in [-0.4, -0.2) is 9.13 Å². The first-order valence-electron chi connectivity index (χ1n) is 15.9. The van der Waals surface area contributed by atoms with Gasteiger partial charge in [0.15, 0.2) is 0 Å². The van der Waals surface area contributed by atoms with E-state index in [4.69, 9.17) is 0 Å². The van der Waals surface area contributed by atoms with Gasteiger partial charge in [0, 0.05) is 21.5 Å².